The Bertz CT molecular complexity index is 1320. The van der Waals surface area contributed by atoms with Crippen molar-refractivity contribution in [1.82, 2.24) is 14.8 Å². The first-order chi connectivity index (χ1) is 15.6. The van der Waals surface area contributed by atoms with E-state index in [1.165, 1.54) is 29.5 Å². The third kappa shape index (κ3) is 4.55. The number of aromatic nitrogens is 3. The molecule has 0 spiro atoms. The lowest BCUT2D eigenvalue weighted by atomic mass is 10.1. The summed E-state index contributed by atoms with van der Waals surface area (Å²) in [4.78, 5) is 16.6. The molecule has 32 heavy (non-hydrogen) atoms. The van der Waals surface area contributed by atoms with Crippen LogP contribution in [0.15, 0.2) is 71.9 Å². The first-order valence-corrected chi connectivity index (χ1v) is 10.3. The summed E-state index contributed by atoms with van der Waals surface area (Å²) in [6, 6.07) is 15.0. The lowest BCUT2D eigenvalue weighted by molar-refractivity contribution is -0.112. The fourth-order valence-corrected chi connectivity index (χ4v) is 3.49. The van der Waals surface area contributed by atoms with Crippen molar-refractivity contribution in [2.45, 2.75) is 0 Å². The highest BCUT2D eigenvalue weighted by Crippen LogP contribution is 2.28. The first-order valence-electron chi connectivity index (χ1n) is 9.40. The van der Waals surface area contributed by atoms with Gasteiger partial charge >= 0.3 is 0 Å². The van der Waals surface area contributed by atoms with Crippen LogP contribution >= 0.6 is 11.3 Å². The molecular weight excluding hydrogens is 429 g/mol. The minimum atomic E-state index is -0.575. The molecule has 0 aliphatic heterocycles. The quantitative estimate of drug-likeness (QED) is 0.343. The maximum Gasteiger partial charge on any atom is 0.268 e. The fourth-order valence-electron chi connectivity index (χ4n) is 2.97. The van der Waals surface area contributed by atoms with Crippen LogP contribution in [0.1, 0.15) is 5.56 Å². The number of nitrogens with zero attached hydrogens (tertiary/aromatic N) is 4. The van der Waals surface area contributed by atoms with E-state index in [0.717, 1.165) is 5.56 Å². The molecule has 0 fully saturated rings. The molecule has 0 aliphatic rings. The number of halogens is 1. The summed E-state index contributed by atoms with van der Waals surface area (Å²) in [6.07, 6.45) is 4.70. The zero-order valence-corrected chi connectivity index (χ0v) is 17.6. The van der Waals surface area contributed by atoms with Gasteiger partial charge in [0.25, 0.3) is 5.91 Å². The van der Waals surface area contributed by atoms with E-state index in [0.29, 0.717) is 27.8 Å². The molecule has 0 saturated carbocycles. The molecule has 2 aromatic heterocycles. The highest BCUT2D eigenvalue weighted by atomic mass is 32.1. The Labute approximate surface area is 187 Å². The van der Waals surface area contributed by atoms with E-state index in [1.54, 1.807) is 53.8 Å². The predicted octanol–water partition coefficient (Wildman–Crippen LogP) is 4.69. The number of nitriles is 1. The molecular formula is C23H16FN5O2S. The van der Waals surface area contributed by atoms with Crippen LogP contribution in [-0.2, 0) is 4.79 Å². The Balaban J connectivity index is 1.79. The Kier molecular flexibility index (Phi) is 6.05. The summed E-state index contributed by atoms with van der Waals surface area (Å²) >= 11 is 1.25. The lowest BCUT2D eigenvalue weighted by Crippen LogP contribution is -2.13. The lowest BCUT2D eigenvalue weighted by Gasteiger charge is -2.04. The number of amides is 1. The van der Waals surface area contributed by atoms with Gasteiger partial charge in [0.15, 0.2) is 5.13 Å². The van der Waals surface area contributed by atoms with Gasteiger partial charge in [-0.15, -0.1) is 11.3 Å². The van der Waals surface area contributed by atoms with Gasteiger partial charge in [0, 0.05) is 28.9 Å². The second-order valence-corrected chi connectivity index (χ2v) is 7.44. The van der Waals surface area contributed by atoms with Crippen molar-refractivity contribution in [2.24, 2.45) is 0 Å². The second kappa shape index (κ2) is 9.24. The van der Waals surface area contributed by atoms with Crippen molar-refractivity contribution < 1.29 is 13.9 Å². The van der Waals surface area contributed by atoms with Gasteiger partial charge in [-0.3, -0.25) is 10.1 Å². The summed E-state index contributed by atoms with van der Waals surface area (Å²) < 4.78 is 20.2. The van der Waals surface area contributed by atoms with Crippen molar-refractivity contribution in [3.8, 4) is 28.8 Å². The minimum absolute atomic E-state index is 0.108. The van der Waals surface area contributed by atoms with E-state index in [9.17, 15) is 14.4 Å². The second-order valence-electron chi connectivity index (χ2n) is 6.55. The summed E-state index contributed by atoms with van der Waals surface area (Å²) in [5, 5.41) is 18.9. The van der Waals surface area contributed by atoms with Gasteiger partial charge in [-0.25, -0.2) is 14.1 Å². The molecule has 0 unspecified atom stereocenters. The molecule has 9 heteroatoms. The van der Waals surface area contributed by atoms with Crippen LogP contribution in [-0.4, -0.2) is 27.8 Å². The Morgan fingerprint density at radius 3 is 2.78 bits per heavy atom. The number of methoxy groups -OCH3 is 1. The monoisotopic (exact) mass is 445 g/mol. The highest BCUT2D eigenvalue weighted by molar-refractivity contribution is 7.13. The Hall–Kier alpha value is -4.29. The molecule has 0 saturated heterocycles. The number of hydrogen-bond acceptors (Lipinski definition) is 6. The number of thiazole rings is 1. The van der Waals surface area contributed by atoms with E-state index in [2.05, 4.69) is 15.4 Å². The van der Waals surface area contributed by atoms with Crippen LogP contribution in [0, 0.1) is 17.1 Å². The molecule has 0 bridgehead atoms. The molecule has 0 atom stereocenters. The van der Waals surface area contributed by atoms with E-state index in [-0.39, 0.29) is 11.4 Å². The number of carbonyl (C=O) groups excluding carboxylic acids is 1. The number of rotatable bonds is 6. The van der Waals surface area contributed by atoms with E-state index < -0.39 is 5.91 Å². The normalized spacial score (nSPS) is 11.1. The molecule has 4 aromatic rings. The van der Waals surface area contributed by atoms with Crippen LogP contribution in [0.25, 0.3) is 23.0 Å². The van der Waals surface area contributed by atoms with Gasteiger partial charge in [0.1, 0.15) is 28.9 Å². The van der Waals surface area contributed by atoms with Crippen LogP contribution in [0.3, 0.4) is 0 Å². The van der Waals surface area contributed by atoms with E-state index in [4.69, 9.17) is 4.74 Å². The molecule has 1 amide bonds. The Morgan fingerprint density at radius 2 is 2.09 bits per heavy atom. The highest BCUT2D eigenvalue weighted by Gasteiger charge is 2.16. The summed E-state index contributed by atoms with van der Waals surface area (Å²) in [6.45, 7) is 0. The number of hydrogen-bond donors (Lipinski definition) is 1. The van der Waals surface area contributed by atoms with Gasteiger partial charge in [-0.2, -0.15) is 10.4 Å². The number of anilines is 1. The smallest absolute Gasteiger partial charge is 0.268 e. The van der Waals surface area contributed by atoms with Gasteiger partial charge in [0.05, 0.1) is 12.8 Å². The van der Waals surface area contributed by atoms with Gasteiger partial charge < -0.3 is 4.74 Å². The van der Waals surface area contributed by atoms with Crippen molar-refractivity contribution >= 4 is 28.5 Å². The number of ether oxygens (including phenoxy) is 1. The zero-order valence-electron chi connectivity index (χ0n) is 16.8. The topological polar surface area (TPSA) is 92.8 Å². The van der Waals surface area contributed by atoms with Crippen LogP contribution < -0.4 is 10.1 Å². The van der Waals surface area contributed by atoms with Gasteiger partial charge in [-0.1, -0.05) is 12.1 Å². The van der Waals surface area contributed by atoms with Crippen molar-refractivity contribution in [2.75, 3.05) is 12.4 Å². The molecule has 158 valence electrons. The molecule has 4 rings (SSSR count). The third-order valence-corrected chi connectivity index (χ3v) is 5.18. The number of nitrogens with one attached hydrogen (secondary N) is 1. The maximum atomic E-state index is 13.4. The fraction of sp³-hybridized carbons (Fsp3) is 0.0435. The van der Waals surface area contributed by atoms with Crippen LogP contribution in [0.2, 0.25) is 0 Å². The predicted molar refractivity (Wildman–Crippen MR) is 120 cm³/mol. The van der Waals surface area contributed by atoms with E-state index >= 15 is 0 Å². The molecule has 0 aliphatic carbocycles. The average Bonchev–Trinajstić information content (AvgIpc) is 3.48. The zero-order chi connectivity index (χ0) is 22.5. The largest absolute Gasteiger partial charge is 0.497 e. The third-order valence-electron chi connectivity index (χ3n) is 4.49. The molecule has 2 aromatic carbocycles. The number of benzene rings is 2. The number of carbonyl (C=O) groups is 1. The minimum Gasteiger partial charge on any atom is -0.497 e. The van der Waals surface area contributed by atoms with Crippen molar-refractivity contribution in [3.05, 3.63) is 83.3 Å². The van der Waals surface area contributed by atoms with Gasteiger partial charge in [-0.05, 0) is 42.5 Å². The summed E-state index contributed by atoms with van der Waals surface area (Å²) in [5.74, 6) is -0.302. The molecule has 1 N–H and O–H groups in total. The Morgan fingerprint density at radius 1 is 1.28 bits per heavy atom. The molecule has 7 nitrogen and oxygen atoms in total. The van der Waals surface area contributed by atoms with Gasteiger partial charge in [0.2, 0.25) is 0 Å². The van der Waals surface area contributed by atoms with E-state index in [1.807, 2.05) is 18.2 Å². The molecule has 2 heterocycles. The van der Waals surface area contributed by atoms with Crippen LogP contribution in [0.4, 0.5) is 9.52 Å². The standard InChI is InChI=1S/C23H16FN5O2S/c1-31-20-4-2-3-15(12-20)21-17(14-29(28-21)19-7-5-18(24)6-8-19)11-16(13-25)22(30)27-23-26-9-10-32-23/h2-12,14H,1H3,(H,26,27,30)/b16-11+. The SMILES string of the molecule is COc1cccc(-c2nn(-c3ccc(F)cc3)cc2/C=C(\C#N)C(=O)Nc2nccs2)c1. The molecule has 0 radical (unpaired) electrons. The van der Waals surface area contributed by atoms with Crippen molar-refractivity contribution in [1.29, 1.82) is 5.26 Å². The van der Waals surface area contributed by atoms with Crippen LogP contribution in [0.5, 0.6) is 5.75 Å². The summed E-state index contributed by atoms with van der Waals surface area (Å²) in [5.41, 5.74) is 2.31. The summed E-state index contributed by atoms with van der Waals surface area (Å²) in [7, 11) is 1.56. The van der Waals surface area contributed by atoms with Crippen molar-refractivity contribution in [3.63, 3.8) is 0 Å². The maximum absolute atomic E-state index is 13.4. The first kappa shape index (κ1) is 21.0. The average molecular weight is 445 g/mol.